The Morgan fingerprint density at radius 1 is 1.26 bits per heavy atom. The fraction of sp³-hybridized carbons (Fsp3) is 1.00. The third-order valence-electron chi connectivity index (χ3n) is 4.59. The Labute approximate surface area is 116 Å². The minimum Gasteiger partial charge on any atom is -0.396 e. The highest BCUT2D eigenvalue weighted by atomic mass is 16.5. The Bertz CT molecular complexity index is 259. The molecule has 0 bridgehead atoms. The fourth-order valence-electron chi connectivity index (χ4n) is 3.31. The molecule has 2 aliphatic rings. The zero-order valence-corrected chi connectivity index (χ0v) is 12.4. The van der Waals surface area contributed by atoms with Crippen molar-refractivity contribution in [2.24, 2.45) is 5.92 Å². The van der Waals surface area contributed by atoms with Crippen LogP contribution in [0.5, 0.6) is 0 Å². The summed E-state index contributed by atoms with van der Waals surface area (Å²) in [7, 11) is 0. The highest BCUT2D eigenvalue weighted by Crippen LogP contribution is 2.34. The summed E-state index contributed by atoms with van der Waals surface area (Å²) in [5.74, 6) is 0.556. The standard InChI is InChI=1S/C15H29NO3/c1-12(2)14(3-7-17)16-13-4-8-19-15(11-13)5-9-18-10-6-15/h12-14,16-17H,3-11H2,1-2H3. The van der Waals surface area contributed by atoms with Gasteiger partial charge in [-0.15, -0.1) is 0 Å². The minimum atomic E-state index is 0.0505. The summed E-state index contributed by atoms with van der Waals surface area (Å²) in [6.07, 6.45) is 5.06. The third kappa shape index (κ3) is 4.15. The number of rotatable bonds is 5. The molecule has 2 N–H and O–H groups in total. The Morgan fingerprint density at radius 2 is 2.00 bits per heavy atom. The van der Waals surface area contributed by atoms with Crippen LogP contribution in [-0.4, -0.2) is 49.2 Å². The summed E-state index contributed by atoms with van der Waals surface area (Å²) in [5, 5.41) is 12.9. The van der Waals surface area contributed by atoms with Crippen molar-refractivity contribution in [3.8, 4) is 0 Å². The molecular weight excluding hydrogens is 242 g/mol. The lowest BCUT2D eigenvalue weighted by molar-refractivity contribution is -0.141. The normalized spacial score (nSPS) is 28.7. The van der Waals surface area contributed by atoms with Crippen LogP contribution >= 0.6 is 0 Å². The number of ether oxygens (including phenoxy) is 2. The Kier molecular flexibility index (Phi) is 5.63. The van der Waals surface area contributed by atoms with Crippen LogP contribution in [0.15, 0.2) is 0 Å². The van der Waals surface area contributed by atoms with Crippen LogP contribution in [0, 0.1) is 5.92 Å². The molecule has 0 saturated carbocycles. The van der Waals surface area contributed by atoms with Gasteiger partial charge in [-0.2, -0.15) is 0 Å². The van der Waals surface area contributed by atoms with E-state index < -0.39 is 0 Å². The smallest absolute Gasteiger partial charge is 0.0741 e. The van der Waals surface area contributed by atoms with Crippen molar-refractivity contribution < 1.29 is 14.6 Å². The summed E-state index contributed by atoms with van der Waals surface area (Å²) in [4.78, 5) is 0. The third-order valence-corrected chi connectivity index (χ3v) is 4.59. The van der Waals surface area contributed by atoms with Crippen LogP contribution in [0.4, 0.5) is 0 Å². The molecule has 2 saturated heterocycles. The van der Waals surface area contributed by atoms with Crippen molar-refractivity contribution in [2.75, 3.05) is 26.4 Å². The molecule has 0 aliphatic carbocycles. The van der Waals surface area contributed by atoms with Crippen molar-refractivity contribution >= 4 is 0 Å². The molecule has 112 valence electrons. The summed E-state index contributed by atoms with van der Waals surface area (Å²) in [6, 6.07) is 0.927. The molecular formula is C15H29NO3. The van der Waals surface area contributed by atoms with Gasteiger partial charge in [0.25, 0.3) is 0 Å². The van der Waals surface area contributed by atoms with Crippen molar-refractivity contribution in [1.82, 2.24) is 5.32 Å². The van der Waals surface area contributed by atoms with E-state index in [2.05, 4.69) is 19.2 Å². The lowest BCUT2D eigenvalue weighted by atomic mass is 9.83. The molecule has 0 aromatic rings. The van der Waals surface area contributed by atoms with Gasteiger partial charge in [-0.05, 0) is 38.0 Å². The lowest BCUT2D eigenvalue weighted by Gasteiger charge is -2.44. The number of aliphatic hydroxyl groups is 1. The summed E-state index contributed by atoms with van der Waals surface area (Å²) >= 11 is 0. The second kappa shape index (κ2) is 7.02. The molecule has 1 spiro atoms. The highest BCUT2D eigenvalue weighted by Gasteiger charge is 2.39. The van der Waals surface area contributed by atoms with E-state index in [-0.39, 0.29) is 12.2 Å². The number of hydrogen-bond donors (Lipinski definition) is 2. The zero-order chi connectivity index (χ0) is 13.7. The van der Waals surface area contributed by atoms with E-state index in [9.17, 15) is 5.11 Å². The van der Waals surface area contributed by atoms with E-state index in [0.29, 0.717) is 18.0 Å². The average Bonchev–Trinajstić information content (AvgIpc) is 2.39. The van der Waals surface area contributed by atoms with Gasteiger partial charge in [0.2, 0.25) is 0 Å². The van der Waals surface area contributed by atoms with Gasteiger partial charge in [-0.25, -0.2) is 0 Å². The molecule has 2 rings (SSSR count). The first kappa shape index (κ1) is 15.2. The summed E-state index contributed by atoms with van der Waals surface area (Å²) in [6.45, 7) is 7.21. The van der Waals surface area contributed by atoms with Crippen LogP contribution in [0.2, 0.25) is 0 Å². The molecule has 4 heteroatoms. The fourth-order valence-corrected chi connectivity index (χ4v) is 3.31. The molecule has 2 fully saturated rings. The highest BCUT2D eigenvalue weighted by molar-refractivity contribution is 4.92. The van der Waals surface area contributed by atoms with Gasteiger partial charge in [0, 0.05) is 38.5 Å². The van der Waals surface area contributed by atoms with Gasteiger partial charge in [0.1, 0.15) is 0 Å². The molecule has 19 heavy (non-hydrogen) atoms. The second-order valence-corrected chi connectivity index (χ2v) is 6.36. The Morgan fingerprint density at radius 3 is 2.63 bits per heavy atom. The molecule has 2 aliphatic heterocycles. The van der Waals surface area contributed by atoms with Crippen LogP contribution in [0.3, 0.4) is 0 Å². The zero-order valence-electron chi connectivity index (χ0n) is 12.4. The maximum atomic E-state index is 9.18. The molecule has 2 atom stereocenters. The van der Waals surface area contributed by atoms with E-state index in [4.69, 9.17) is 9.47 Å². The first-order valence-electron chi connectivity index (χ1n) is 7.74. The second-order valence-electron chi connectivity index (χ2n) is 6.36. The van der Waals surface area contributed by atoms with Crippen molar-refractivity contribution in [3.05, 3.63) is 0 Å². The van der Waals surface area contributed by atoms with E-state index in [1.54, 1.807) is 0 Å². The van der Waals surface area contributed by atoms with Crippen LogP contribution < -0.4 is 5.32 Å². The Balaban J connectivity index is 1.89. The molecule has 0 radical (unpaired) electrons. The largest absolute Gasteiger partial charge is 0.396 e. The van der Waals surface area contributed by atoms with Gasteiger partial charge >= 0.3 is 0 Å². The van der Waals surface area contributed by atoms with Crippen molar-refractivity contribution in [3.63, 3.8) is 0 Å². The van der Waals surface area contributed by atoms with Gasteiger partial charge in [-0.3, -0.25) is 0 Å². The maximum absolute atomic E-state index is 9.18. The van der Waals surface area contributed by atoms with Crippen LogP contribution in [-0.2, 0) is 9.47 Å². The Hall–Kier alpha value is -0.160. The SMILES string of the molecule is CC(C)C(CCO)NC1CCOC2(CCOCC2)C1. The maximum Gasteiger partial charge on any atom is 0.0741 e. The van der Waals surface area contributed by atoms with Gasteiger partial charge < -0.3 is 19.9 Å². The molecule has 2 unspecified atom stereocenters. The molecule has 0 aromatic heterocycles. The average molecular weight is 271 g/mol. The molecule has 0 amide bonds. The predicted octanol–water partition coefficient (Wildman–Crippen LogP) is 1.71. The summed E-state index contributed by atoms with van der Waals surface area (Å²) < 4.78 is 11.5. The quantitative estimate of drug-likeness (QED) is 0.799. The van der Waals surface area contributed by atoms with Gasteiger partial charge in [0.05, 0.1) is 5.60 Å². The van der Waals surface area contributed by atoms with Crippen LogP contribution in [0.25, 0.3) is 0 Å². The monoisotopic (exact) mass is 271 g/mol. The van der Waals surface area contributed by atoms with Gasteiger partial charge in [0.15, 0.2) is 0 Å². The first-order chi connectivity index (χ1) is 9.15. The van der Waals surface area contributed by atoms with E-state index in [0.717, 1.165) is 51.9 Å². The summed E-state index contributed by atoms with van der Waals surface area (Å²) in [5.41, 5.74) is 0.0505. The molecule has 4 nitrogen and oxygen atoms in total. The molecule has 2 heterocycles. The van der Waals surface area contributed by atoms with Crippen LogP contribution in [0.1, 0.15) is 46.0 Å². The number of hydrogen-bond acceptors (Lipinski definition) is 4. The van der Waals surface area contributed by atoms with Crippen molar-refractivity contribution in [1.29, 1.82) is 0 Å². The lowest BCUT2D eigenvalue weighted by Crippen LogP contribution is -2.52. The topological polar surface area (TPSA) is 50.7 Å². The minimum absolute atomic E-state index is 0.0505. The van der Waals surface area contributed by atoms with E-state index >= 15 is 0 Å². The van der Waals surface area contributed by atoms with Crippen molar-refractivity contribution in [2.45, 2.75) is 63.6 Å². The number of aliphatic hydroxyl groups excluding tert-OH is 1. The predicted molar refractivity (Wildman–Crippen MR) is 75.2 cm³/mol. The number of nitrogens with one attached hydrogen (secondary N) is 1. The van der Waals surface area contributed by atoms with E-state index in [1.165, 1.54) is 0 Å². The first-order valence-corrected chi connectivity index (χ1v) is 7.74. The van der Waals surface area contributed by atoms with Gasteiger partial charge in [-0.1, -0.05) is 13.8 Å². The van der Waals surface area contributed by atoms with E-state index in [1.807, 2.05) is 0 Å². The molecule has 0 aromatic carbocycles.